The SMILES string of the molecule is COc1ccc(-c2ccc(CO)o2)cc1NC(=S)NC(=O)c1ccco1. The first-order valence-corrected chi connectivity index (χ1v) is 8.05. The smallest absolute Gasteiger partial charge is 0.293 e. The van der Waals surface area contributed by atoms with E-state index in [0.717, 1.165) is 5.56 Å². The average molecular weight is 372 g/mol. The van der Waals surface area contributed by atoms with Crippen molar-refractivity contribution in [3.05, 3.63) is 60.2 Å². The number of carbonyl (C=O) groups is 1. The Balaban J connectivity index is 1.78. The second kappa shape index (κ2) is 7.85. The highest BCUT2D eigenvalue weighted by Crippen LogP contribution is 2.31. The lowest BCUT2D eigenvalue weighted by Crippen LogP contribution is -2.34. The summed E-state index contributed by atoms with van der Waals surface area (Å²) in [7, 11) is 1.53. The van der Waals surface area contributed by atoms with Crippen LogP contribution in [0.1, 0.15) is 16.3 Å². The number of furan rings is 2. The molecule has 0 bridgehead atoms. The van der Waals surface area contributed by atoms with Crippen LogP contribution in [0.15, 0.2) is 57.6 Å². The lowest BCUT2D eigenvalue weighted by Gasteiger charge is -2.13. The number of aliphatic hydroxyl groups is 1. The number of methoxy groups -OCH3 is 1. The maximum atomic E-state index is 12.0. The molecule has 0 aliphatic heterocycles. The number of hydrogen-bond donors (Lipinski definition) is 3. The van der Waals surface area contributed by atoms with Crippen LogP contribution in [0.5, 0.6) is 5.75 Å². The zero-order valence-corrected chi connectivity index (χ0v) is 14.6. The minimum absolute atomic E-state index is 0.0948. The maximum absolute atomic E-state index is 12.0. The molecule has 1 aromatic carbocycles. The quantitative estimate of drug-likeness (QED) is 0.592. The number of aliphatic hydroxyl groups excluding tert-OH is 1. The molecule has 0 saturated heterocycles. The summed E-state index contributed by atoms with van der Waals surface area (Å²) in [6.07, 6.45) is 1.40. The van der Waals surface area contributed by atoms with Gasteiger partial charge in [0.05, 0.1) is 19.1 Å². The summed E-state index contributed by atoms with van der Waals surface area (Å²) in [6, 6.07) is 11.9. The molecule has 0 atom stereocenters. The number of hydrogen-bond acceptors (Lipinski definition) is 6. The summed E-state index contributed by atoms with van der Waals surface area (Å²) in [4.78, 5) is 12.0. The second-order valence-corrected chi connectivity index (χ2v) is 5.63. The van der Waals surface area contributed by atoms with Gasteiger partial charge in [-0.05, 0) is 54.7 Å². The molecule has 0 spiro atoms. The summed E-state index contributed by atoms with van der Waals surface area (Å²) in [5.41, 5.74) is 1.31. The third kappa shape index (κ3) is 3.93. The average Bonchev–Trinajstić information content (AvgIpc) is 3.33. The Morgan fingerprint density at radius 2 is 2.12 bits per heavy atom. The van der Waals surface area contributed by atoms with Gasteiger partial charge in [0.25, 0.3) is 5.91 Å². The van der Waals surface area contributed by atoms with Crippen molar-refractivity contribution in [2.45, 2.75) is 6.61 Å². The molecule has 2 heterocycles. The number of anilines is 1. The predicted octanol–water partition coefficient (Wildman–Crippen LogP) is 3.17. The van der Waals surface area contributed by atoms with Crippen LogP contribution in [-0.2, 0) is 6.61 Å². The summed E-state index contributed by atoms with van der Waals surface area (Å²) in [6.45, 7) is -0.176. The molecule has 8 heteroatoms. The van der Waals surface area contributed by atoms with Gasteiger partial charge in [0, 0.05) is 5.56 Å². The van der Waals surface area contributed by atoms with Gasteiger partial charge in [-0.15, -0.1) is 0 Å². The molecule has 1 amide bonds. The highest BCUT2D eigenvalue weighted by atomic mass is 32.1. The Morgan fingerprint density at radius 1 is 1.27 bits per heavy atom. The highest BCUT2D eigenvalue weighted by molar-refractivity contribution is 7.80. The van der Waals surface area contributed by atoms with Crippen molar-refractivity contribution >= 4 is 28.9 Å². The number of ether oxygens (including phenoxy) is 1. The van der Waals surface area contributed by atoms with Crippen LogP contribution in [0.4, 0.5) is 5.69 Å². The van der Waals surface area contributed by atoms with Gasteiger partial charge in [0.15, 0.2) is 10.9 Å². The standard InChI is InChI=1S/C18H16N2O5S/c1-23-15-6-4-11(14-7-5-12(10-21)25-14)9-13(15)19-18(26)20-17(22)16-3-2-8-24-16/h2-9,21H,10H2,1H3,(H2,19,20,22,26). The van der Waals surface area contributed by atoms with Gasteiger partial charge >= 0.3 is 0 Å². The summed E-state index contributed by atoms with van der Waals surface area (Å²) in [5.74, 6) is 1.29. The van der Waals surface area contributed by atoms with E-state index >= 15 is 0 Å². The van der Waals surface area contributed by atoms with Crippen LogP contribution < -0.4 is 15.4 Å². The van der Waals surface area contributed by atoms with E-state index in [1.165, 1.54) is 19.4 Å². The second-order valence-electron chi connectivity index (χ2n) is 5.22. The molecule has 3 aromatic rings. The van der Waals surface area contributed by atoms with Gasteiger partial charge < -0.3 is 24.0 Å². The van der Waals surface area contributed by atoms with Crippen molar-refractivity contribution in [1.29, 1.82) is 0 Å². The van der Waals surface area contributed by atoms with Crippen LogP contribution in [0.25, 0.3) is 11.3 Å². The zero-order valence-electron chi connectivity index (χ0n) is 13.8. The van der Waals surface area contributed by atoms with Crippen LogP contribution in [-0.4, -0.2) is 23.2 Å². The number of amides is 1. The van der Waals surface area contributed by atoms with Gasteiger partial charge in [-0.1, -0.05) is 0 Å². The van der Waals surface area contributed by atoms with Gasteiger partial charge in [-0.2, -0.15) is 0 Å². The first-order valence-electron chi connectivity index (χ1n) is 7.64. The van der Waals surface area contributed by atoms with Gasteiger partial charge in [-0.25, -0.2) is 0 Å². The topological polar surface area (TPSA) is 96.9 Å². The first kappa shape index (κ1) is 17.7. The molecular formula is C18H16N2O5S. The molecule has 0 radical (unpaired) electrons. The number of benzene rings is 1. The minimum atomic E-state index is -0.457. The van der Waals surface area contributed by atoms with Crippen molar-refractivity contribution in [3.8, 4) is 17.1 Å². The highest BCUT2D eigenvalue weighted by Gasteiger charge is 2.13. The first-order chi connectivity index (χ1) is 12.6. The third-order valence-electron chi connectivity index (χ3n) is 3.52. The van der Waals surface area contributed by atoms with E-state index in [-0.39, 0.29) is 17.5 Å². The van der Waals surface area contributed by atoms with Gasteiger partial charge in [-0.3, -0.25) is 10.1 Å². The fraction of sp³-hybridized carbons (Fsp3) is 0.111. The summed E-state index contributed by atoms with van der Waals surface area (Å²) < 4.78 is 15.9. The minimum Gasteiger partial charge on any atom is -0.495 e. The Morgan fingerprint density at radius 3 is 2.77 bits per heavy atom. The molecule has 134 valence electrons. The lowest BCUT2D eigenvalue weighted by molar-refractivity contribution is 0.0950. The van der Waals surface area contributed by atoms with E-state index in [4.69, 9.17) is 30.9 Å². The van der Waals surface area contributed by atoms with Crippen molar-refractivity contribution in [1.82, 2.24) is 5.32 Å². The van der Waals surface area contributed by atoms with E-state index in [0.29, 0.717) is 23.0 Å². The number of carbonyl (C=O) groups excluding carboxylic acids is 1. The largest absolute Gasteiger partial charge is 0.495 e. The maximum Gasteiger partial charge on any atom is 0.293 e. The van der Waals surface area contributed by atoms with Crippen LogP contribution in [0.3, 0.4) is 0 Å². The Labute approximate surface area is 154 Å². The molecule has 0 aliphatic rings. The van der Waals surface area contributed by atoms with Crippen molar-refractivity contribution in [2.75, 3.05) is 12.4 Å². The van der Waals surface area contributed by atoms with E-state index in [1.807, 2.05) is 6.07 Å². The fourth-order valence-corrected chi connectivity index (χ4v) is 2.51. The molecular weight excluding hydrogens is 356 g/mol. The van der Waals surface area contributed by atoms with E-state index in [1.54, 1.807) is 30.3 Å². The van der Waals surface area contributed by atoms with Crippen molar-refractivity contribution < 1.29 is 23.5 Å². The Kier molecular flexibility index (Phi) is 5.35. The van der Waals surface area contributed by atoms with Crippen LogP contribution in [0.2, 0.25) is 0 Å². The molecule has 0 fully saturated rings. The molecule has 0 aliphatic carbocycles. The summed E-state index contributed by atoms with van der Waals surface area (Å²) in [5, 5.41) is 14.7. The van der Waals surface area contributed by atoms with E-state index in [2.05, 4.69) is 10.6 Å². The molecule has 3 N–H and O–H groups in total. The molecule has 0 saturated carbocycles. The van der Waals surface area contributed by atoms with Gasteiger partial charge in [0.2, 0.25) is 0 Å². The van der Waals surface area contributed by atoms with E-state index in [9.17, 15) is 4.79 Å². The predicted molar refractivity (Wildman–Crippen MR) is 99.0 cm³/mol. The monoisotopic (exact) mass is 372 g/mol. The molecule has 2 aromatic heterocycles. The third-order valence-corrected chi connectivity index (χ3v) is 3.73. The Hall–Kier alpha value is -3.10. The number of rotatable bonds is 5. The summed E-state index contributed by atoms with van der Waals surface area (Å²) >= 11 is 5.18. The fourth-order valence-electron chi connectivity index (χ4n) is 2.30. The lowest BCUT2D eigenvalue weighted by atomic mass is 10.1. The normalized spacial score (nSPS) is 10.4. The van der Waals surface area contributed by atoms with Crippen molar-refractivity contribution in [3.63, 3.8) is 0 Å². The molecule has 26 heavy (non-hydrogen) atoms. The Bertz CT molecular complexity index is 918. The van der Waals surface area contributed by atoms with Gasteiger partial charge in [0.1, 0.15) is 23.9 Å². The molecule has 0 unspecified atom stereocenters. The van der Waals surface area contributed by atoms with E-state index < -0.39 is 5.91 Å². The van der Waals surface area contributed by atoms with Crippen LogP contribution >= 0.6 is 12.2 Å². The number of nitrogens with one attached hydrogen (secondary N) is 2. The zero-order chi connectivity index (χ0) is 18.5. The van der Waals surface area contributed by atoms with Crippen LogP contribution in [0, 0.1) is 0 Å². The van der Waals surface area contributed by atoms with Crippen molar-refractivity contribution in [2.24, 2.45) is 0 Å². The number of thiocarbonyl (C=S) groups is 1. The molecule has 3 rings (SSSR count). The molecule has 7 nitrogen and oxygen atoms in total.